The smallest absolute Gasteiger partial charge is 0.408 e. The number of carbonyl (C=O) groups is 3. The third-order valence-corrected chi connectivity index (χ3v) is 6.60. The van der Waals surface area contributed by atoms with Gasteiger partial charge in [0.25, 0.3) is 15.9 Å². The molecule has 3 rings (SSSR count). The summed E-state index contributed by atoms with van der Waals surface area (Å²) in [5, 5.41) is 5.19. The quantitative estimate of drug-likeness (QED) is 0.549. The number of para-hydroxylation sites is 1. The number of ether oxygens (including phenoxy) is 1. The number of hydrogen-bond acceptors (Lipinski definition) is 6. The standard InChI is InChI=1S/C22H29N3O6S/c1-21(2,3)31-20(28)24-22-14-15(22)10-6-4-5-7-13-18(26)23-16-11-8-9-12-17(16)32(29,30)25-19(22)27/h6,8-12,15H,4-5,7,13-14H2,1-3H3,(H,23,26)(H,24,28)(H,25,27)/b10-6-/t15-,22-/m1/s1. The van der Waals surface area contributed by atoms with Crippen LogP contribution in [0, 0.1) is 5.92 Å². The van der Waals surface area contributed by atoms with E-state index >= 15 is 0 Å². The zero-order chi connectivity index (χ0) is 23.6. The zero-order valence-corrected chi connectivity index (χ0v) is 19.3. The summed E-state index contributed by atoms with van der Waals surface area (Å²) in [5.74, 6) is -1.52. The lowest BCUT2D eigenvalue weighted by Gasteiger charge is -2.24. The topological polar surface area (TPSA) is 131 Å². The van der Waals surface area contributed by atoms with Crippen molar-refractivity contribution in [2.45, 2.75) is 68.9 Å². The van der Waals surface area contributed by atoms with Crippen LogP contribution >= 0.6 is 0 Å². The van der Waals surface area contributed by atoms with E-state index in [1.807, 2.05) is 6.08 Å². The summed E-state index contributed by atoms with van der Waals surface area (Å²) in [6, 6.07) is 5.87. The van der Waals surface area contributed by atoms with E-state index in [-0.39, 0.29) is 35.2 Å². The number of rotatable bonds is 1. The highest BCUT2D eigenvalue weighted by Crippen LogP contribution is 2.45. The summed E-state index contributed by atoms with van der Waals surface area (Å²) in [5.41, 5.74) is -2.11. The average molecular weight is 464 g/mol. The number of nitrogens with one attached hydrogen (secondary N) is 3. The number of carbonyl (C=O) groups excluding carboxylic acids is 3. The van der Waals surface area contributed by atoms with Crippen LogP contribution in [0.5, 0.6) is 0 Å². The Bertz CT molecular complexity index is 1040. The number of allylic oxidation sites excluding steroid dienone is 1. The van der Waals surface area contributed by atoms with E-state index in [1.54, 1.807) is 32.9 Å². The molecule has 1 aliphatic carbocycles. The van der Waals surface area contributed by atoms with Gasteiger partial charge in [-0.3, -0.25) is 9.59 Å². The van der Waals surface area contributed by atoms with Crippen molar-refractivity contribution in [2.75, 3.05) is 5.32 Å². The van der Waals surface area contributed by atoms with E-state index in [2.05, 4.69) is 15.4 Å². The second kappa shape index (κ2) is 8.93. The Morgan fingerprint density at radius 2 is 1.91 bits per heavy atom. The minimum absolute atomic E-state index is 0.0901. The molecule has 0 bridgehead atoms. The van der Waals surface area contributed by atoms with E-state index in [1.165, 1.54) is 18.2 Å². The highest BCUT2D eigenvalue weighted by atomic mass is 32.2. The molecule has 0 spiro atoms. The molecule has 1 aromatic rings. The predicted molar refractivity (Wildman–Crippen MR) is 118 cm³/mol. The van der Waals surface area contributed by atoms with Crippen molar-refractivity contribution >= 4 is 33.6 Å². The lowest BCUT2D eigenvalue weighted by Crippen LogP contribution is -2.52. The number of benzene rings is 1. The third-order valence-electron chi connectivity index (χ3n) is 5.21. The third kappa shape index (κ3) is 5.67. The molecule has 1 fully saturated rings. The van der Waals surface area contributed by atoms with Gasteiger partial charge in [0.1, 0.15) is 16.0 Å². The first kappa shape index (κ1) is 23.8. The average Bonchev–Trinajstić information content (AvgIpc) is 3.36. The van der Waals surface area contributed by atoms with Gasteiger partial charge in [-0.2, -0.15) is 0 Å². The highest BCUT2D eigenvalue weighted by molar-refractivity contribution is 7.90. The Labute approximate surface area is 188 Å². The summed E-state index contributed by atoms with van der Waals surface area (Å²) < 4.78 is 33.4. The molecule has 0 radical (unpaired) electrons. The summed E-state index contributed by atoms with van der Waals surface area (Å²) in [6.07, 6.45) is 5.48. The molecule has 9 nitrogen and oxygen atoms in total. The van der Waals surface area contributed by atoms with Crippen molar-refractivity contribution in [2.24, 2.45) is 5.92 Å². The molecule has 3 N–H and O–H groups in total. The summed E-state index contributed by atoms with van der Waals surface area (Å²) >= 11 is 0. The molecule has 3 amide bonds. The van der Waals surface area contributed by atoms with E-state index in [0.29, 0.717) is 12.8 Å². The van der Waals surface area contributed by atoms with E-state index in [4.69, 9.17) is 4.74 Å². The number of alkyl carbamates (subject to hydrolysis) is 1. The molecule has 0 unspecified atom stereocenters. The molecule has 10 heteroatoms. The van der Waals surface area contributed by atoms with Crippen LogP contribution in [0.25, 0.3) is 0 Å². The molecule has 1 saturated carbocycles. The second-order valence-corrected chi connectivity index (χ2v) is 10.7. The van der Waals surface area contributed by atoms with Crippen molar-refractivity contribution in [3.8, 4) is 0 Å². The van der Waals surface area contributed by atoms with Gasteiger partial charge in [0.05, 0.1) is 5.69 Å². The molecule has 2 aliphatic rings. The van der Waals surface area contributed by atoms with Gasteiger partial charge >= 0.3 is 6.09 Å². The van der Waals surface area contributed by atoms with Crippen LogP contribution in [0.1, 0.15) is 52.9 Å². The maximum Gasteiger partial charge on any atom is 0.408 e. The van der Waals surface area contributed by atoms with Gasteiger partial charge in [0.15, 0.2) is 0 Å². The van der Waals surface area contributed by atoms with Crippen molar-refractivity contribution in [3.63, 3.8) is 0 Å². The number of anilines is 1. The van der Waals surface area contributed by atoms with Gasteiger partial charge in [-0.05, 0) is 58.6 Å². The van der Waals surface area contributed by atoms with Crippen molar-refractivity contribution in [1.29, 1.82) is 0 Å². The lowest BCUT2D eigenvalue weighted by molar-refractivity contribution is -0.122. The fraction of sp³-hybridized carbons (Fsp3) is 0.500. The SMILES string of the molecule is CC(C)(C)OC(=O)N[C@]12C[C@H]1/C=C\CCCCC(=O)Nc1ccccc1S(=O)(=O)NC2=O. The number of sulfonamides is 1. The van der Waals surface area contributed by atoms with Crippen molar-refractivity contribution < 1.29 is 27.5 Å². The van der Waals surface area contributed by atoms with Gasteiger partial charge in [0, 0.05) is 12.3 Å². The Morgan fingerprint density at radius 3 is 2.62 bits per heavy atom. The normalized spacial score (nSPS) is 26.7. The first-order valence-corrected chi connectivity index (χ1v) is 12.1. The molecule has 1 aromatic carbocycles. The molecule has 2 atom stereocenters. The van der Waals surface area contributed by atoms with Crippen LogP contribution in [-0.4, -0.2) is 37.5 Å². The Kier molecular flexibility index (Phi) is 6.64. The van der Waals surface area contributed by atoms with Crippen LogP contribution in [0.3, 0.4) is 0 Å². The fourth-order valence-corrected chi connectivity index (χ4v) is 4.76. The number of hydrogen-bond donors (Lipinski definition) is 3. The van der Waals surface area contributed by atoms with Gasteiger partial charge in [0.2, 0.25) is 5.91 Å². The van der Waals surface area contributed by atoms with Crippen LogP contribution < -0.4 is 15.4 Å². The molecular weight excluding hydrogens is 434 g/mol. The van der Waals surface area contributed by atoms with E-state index in [9.17, 15) is 22.8 Å². The number of amides is 3. The zero-order valence-electron chi connectivity index (χ0n) is 18.4. The van der Waals surface area contributed by atoms with Crippen LogP contribution in [0.2, 0.25) is 0 Å². The summed E-state index contributed by atoms with van der Waals surface area (Å²) in [6.45, 7) is 5.09. The molecule has 1 heterocycles. The van der Waals surface area contributed by atoms with Crippen molar-refractivity contribution in [3.05, 3.63) is 36.4 Å². The van der Waals surface area contributed by atoms with Gasteiger partial charge in [-0.25, -0.2) is 17.9 Å². The van der Waals surface area contributed by atoms with Crippen LogP contribution in [-0.2, 0) is 24.3 Å². The predicted octanol–water partition coefficient (Wildman–Crippen LogP) is 2.84. The van der Waals surface area contributed by atoms with Crippen LogP contribution in [0.15, 0.2) is 41.3 Å². The molecule has 1 aliphatic heterocycles. The Hall–Kier alpha value is -2.88. The van der Waals surface area contributed by atoms with Gasteiger partial charge in [-0.15, -0.1) is 0 Å². The number of fused-ring (bicyclic) bond motifs is 2. The maximum absolute atomic E-state index is 13.1. The molecule has 32 heavy (non-hydrogen) atoms. The molecular formula is C22H29N3O6S. The molecule has 0 aromatic heterocycles. The maximum atomic E-state index is 13.1. The van der Waals surface area contributed by atoms with E-state index < -0.39 is 33.2 Å². The largest absolute Gasteiger partial charge is 0.444 e. The molecule has 174 valence electrons. The van der Waals surface area contributed by atoms with Crippen LogP contribution in [0.4, 0.5) is 10.5 Å². The lowest BCUT2D eigenvalue weighted by atomic mass is 10.1. The first-order valence-electron chi connectivity index (χ1n) is 10.6. The summed E-state index contributed by atoms with van der Waals surface area (Å²) in [7, 11) is -4.32. The van der Waals surface area contributed by atoms with Gasteiger partial charge in [-0.1, -0.05) is 24.3 Å². The monoisotopic (exact) mass is 463 g/mol. The fourth-order valence-electron chi connectivity index (χ4n) is 3.56. The first-order chi connectivity index (χ1) is 14.9. The van der Waals surface area contributed by atoms with Gasteiger partial charge < -0.3 is 15.4 Å². The summed E-state index contributed by atoms with van der Waals surface area (Å²) in [4.78, 5) is 37.5. The molecule has 0 saturated heterocycles. The van der Waals surface area contributed by atoms with Crippen molar-refractivity contribution in [1.82, 2.24) is 10.0 Å². The van der Waals surface area contributed by atoms with E-state index in [0.717, 1.165) is 6.42 Å². The minimum atomic E-state index is -4.32. The minimum Gasteiger partial charge on any atom is -0.444 e. The highest BCUT2D eigenvalue weighted by Gasteiger charge is 2.61. The second-order valence-electron chi connectivity index (χ2n) is 9.06. The Morgan fingerprint density at radius 1 is 1.19 bits per heavy atom. The Balaban J connectivity index is 1.93.